The van der Waals surface area contributed by atoms with Crippen LogP contribution in [-0.4, -0.2) is 19.9 Å². The van der Waals surface area contributed by atoms with E-state index in [0.717, 1.165) is 23.5 Å². The van der Waals surface area contributed by atoms with Gasteiger partial charge in [-0.2, -0.15) is 10.1 Å². The Kier molecular flexibility index (Phi) is 3.26. The zero-order chi connectivity index (χ0) is 15.8. The monoisotopic (exact) mass is 306 g/mol. The molecule has 0 amide bonds. The van der Waals surface area contributed by atoms with Crippen LogP contribution < -0.4 is 5.32 Å². The Balaban J connectivity index is 1.77. The minimum absolute atomic E-state index is 0.00296. The predicted molar refractivity (Wildman–Crippen MR) is 88.4 cm³/mol. The van der Waals surface area contributed by atoms with Gasteiger partial charge in [0.05, 0.1) is 12.1 Å². The molecule has 5 heteroatoms. The molecular formula is C18H18N4O. The Morgan fingerprint density at radius 2 is 2.00 bits per heavy atom. The van der Waals surface area contributed by atoms with Crippen molar-refractivity contribution in [2.45, 2.75) is 25.4 Å². The summed E-state index contributed by atoms with van der Waals surface area (Å²) in [7, 11) is 0. The molecule has 3 aromatic rings. The zero-order valence-corrected chi connectivity index (χ0v) is 12.8. The largest absolute Gasteiger partial charge is 0.508 e. The van der Waals surface area contributed by atoms with Gasteiger partial charge in [0.1, 0.15) is 12.1 Å². The zero-order valence-electron chi connectivity index (χ0n) is 12.8. The van der Waals surface area contributed by atoms with Gasteiger partial charge in [-0.15, -0.1) is 0 Å². The minimum Gasteiger partial charge on any atom is -0.508 e. The third-order valence-electron chi connectivity index (χ3n) is 4.37. The molecule has 0 bridgehead atoms. The summed E-state index contributed by atoms with van der Waals surface area (Å²) in [6.45, 7) is 2.03. The molecule has 0 saturated carbocycles. The first-order chi connectivity index (χ1) is 11.2. The van der Waals surface area contributed by atoms with Crippen molar-refractivity contribution in [2.24, 2.45) is 0 Å². The van der Waals surface area contributed by atoms with Crippen LogP contribution >= 0.6 is 0 Å². The first kappa shape index (κ1) is 13.8. The van der Waals surface area contributed by atoms with E-state index < -0.39 is 0 Å². The van der Waals surface area contributed by atoms with Crippen molar-refractivity contribution in [3.05, 3.63) is 71.5 Å². The van der Waals surface area contributed by atoms with Gasteiger partial charge in [0.15, 0.2) is 0 Å². The number of rotatable bonds is 2. The van der Waals surface area contributed by atoms with Crippen molar-refractivity contribution in [3.8, 4) is 5.75 Å². The second-order valence-corrected chi connectivity index (χ2v) is 5.95. The first-order valence-corrected chi connectivity index (χ1v) is 7.73. The fourth-order valence-corrected chi connectivity index (χ4v) is 3.23. The average molecular weight is 306 g/mol. The number of anilines is 1. The first-order valence-electron chi connectivity index (χ1n) is 7.73. The van der Waals surface area contributed by atoms with E-state index in [1.165, 1.54) is 5.56 Å². The topological polar surface area (TPSA) is 63.0 Å². The second kappa shape index (κ2) is 5.43. The van der Waals surface area contributed by atoms with Gasteiger partial charge in [-0.25, -0.2) is 4.68 Å². The molecule has 0 fully saturated rings. The number of aromatic nitrogens is 3. The third-order valence-corrected chi connectivity index (χ3v) is 4.37. The van der Waals surface area contributed by atoms with Crippen LogP contribution in [0.3, 0.4) is 0 Å². The maximum Gasteiger partial charge on any atom is 0.222 e. The average Bonchev–Trinajstić information content (AvgIpc) is 3.05. The Morgan fingerprint density at radius 1 is 1.17 bits per heavy atom. The van der Waals surface area contributed by atoms with Crippen LogP contribution in [0, 0.1) is 6.92 Å². The normalized spacial score (nSPS) is 19.9. The van der Waals surface area contributed by atoms with Crippen molar-refractivity contribution >= 4 is 5.95 Å². The Morgan fingerprint density at radius 3 is 2.83 bits per heavy atom. The lowest BCUT2D eigenvalue weighted by Gasteiger charge is -2.32. The molecule has 23 heavy (non-hydrogen) atoms. The molecule has 2 N–H and O–H groups in total. The molecule has 2 unspecified atom stereocenters. The highest BCUT2D eigenvalue weighted by Crippen LogP contribution is 2.39. The number of phenolic OH excluding ortho intramolecular Hbond substituents is 1. The number of aromatic hydroxyl groups is 1. The highest BCUT2D eigenvalue weighted by Gasteiger charge is 2.30. The highest BCUT2D eigenvalue weighted by atomic mass is 16.3. The van der Waals surface area contributed by atoms with Gasteiger partial charge in [0, 0.05) is 5.56 Å². The van der Waals surface area contributed by atoms with E-state index in [1.807, 2.05) is 41.9 Å². The van der Waals surface area contributed by atoms with Gasteiger partial charge >= 0.3 is 0 Å². The minimum atomic E-state index is -0.00296. The van der Waals surface area contributed by atoms with Crippen molar-refractivity contribution in [3.63, 3.8) is 0 Å². The van der Waals surface area contributed by atoms with Crippen molar-refractivity contribution in [1.82, 2.24) is 14.8 Å². The smallest absolute Gasteiger partial charge is 0.222 e. The Bertz CT molecular complexity index is 828. The number of benzene rings is 2. The van der Waals surface area contributed by atoms with Crippen LogP contribution in [0.4, 0.5) is 5.95 Å². The number of nitrogens with one attached hydrogen (secondary N) is 1. The molecule has 1 aliphatic rings. The van der Waals surface area contributed by atoms with Gasteiger partial charge in [-0.05, 0) is 25.0 Å². The molecule has 4 rings (SSSR count). The standard InChI is InChI=1S/C18H18N4O/c1-12-7-8-17(23)14(9-12)15-10-16(13-5-3-2-4-6-13)22-18(21-15)19-11-20-22/h2-9,11,15-16,23H,10H2,1H3,(H,19,20,21). The van der Waals surface area contributed by atoms with Crippen molar-refractivity contribution in [2.75, 3.05) is 5.32 Å². The van der Waals surface area contributed by atoms with Gasteiger partial charge in [-0.1, -0.05) is 48.0 Å². The summed E-state index contributed by atoms with van der Waals surface area (Å²) < 4.78 is 1.92. The van der Waals surface area contributed by atoms with Crippen LogP contribution in [0.15, 0.2) is 54.9 Å². The number of phenols is 1. The second-order valence-electron chi connectivity index (χ2n) is 5.95. The van der Waals surface area contributed by atoms with E-state index in [0.29, 0.717) is 5.75 Å². The SMILES string of the molecule is Cc1ccc(O)c(C2CC(c3ccccc3)n3ncnc3N2)c1. The van der Waals surface area contributed by atoms with Crippen molar-refractivity contribution in [1.29, 1.82) is 0 Å². The van der Waals surface area contributed by atoms with Crippen LogP contribution in [0.2, 0.25) is 0 Å². The van der Waals surface area contributed by atoms with E-state index in [-0.39, 0.29) is 12.1 Å². The summed E-state index contributed by atoms with van der Waals surface area (Å²) in [4.78, 5) is 4.32. The maximum atomic E-state index is 10.3. The number of hydrogen-bond acceptors (Lipinski definition) is 4. The van der Waals surface area contributed by atoms with Gasteiger partial charge in [0.25, 0.3) is 0 Å². The third kappa shape index (κ3) is 2.44. The molecule has 1 aliphatic heterocycles. The molecule has 116 valence electrons. The van der Waals surface area contributed by atoms with Gasteiger partial charge in [-0.3, -0.25) is 0 Å². The number of fused-ring (bicyclic) bond motifs is 1. The summed E-state index contributed by atoms with van der Waals surface area (Å²) in [5, 5.41) is 18.0. The van der Waals surface area contributed by atoms with E-state index >= 15 is 0 Å². The summed E-state index contributed by atoms with van der Waals surface area (Å²) >= 11 is 0. The highest BCUT2D eigenvalue weighted by molar-refractivity contribution is 5.44. The molecule has 0 saturated heterocycles. The summed E-state index contributed by atoms with van der Waals surface area (Å²) in [5.74, 6) is 1.05. The lowest BCUT2D eigenvalue weighted by molar-refractivity contribution is 0.413. The number of aryl methyl sites for hydroxylation is 1. The lowest BCUT2D eigenvalue weighted by Crippen LogP contribution is -2.28. The lowest BCUT2D eigenvalue weighted by atomic mass is 9.92. The maximum absolute atomic E-state index is 10.3. The number of nitrogens with zero attached hydrogens (tertiary/aromatic N) is 3. The van der Waals surface area contributed by atoms with Gasteiger partial charge in [0.2, 0.25) is 5.95 Å². The molecule has 5 nitrogen and oxygen atoms in total. The molecule has 0 aliphatic carbocycles. The summed E-state index contributed by atoms with van der Waals surface area (Å²) in [5.41, 5.74) is 3.22. The van der Waals surface area contributed by atoms with Gasteiger partial charge < -0.3 is 10.4 Å². The fourth-order valence-electron chi connectivity index (χ4n) is 3.23. The Labute approximate surface area is 134 Å². The van der Waals surface area contributed by atoms with Crippen LogP contribution in [-0.2, 0) is 0 Å². The van der Waals surface area contributed by atoms with Crippen LogP contribution in [0.5, 0.6) is 5.75 Å². The molecule has 2 heterocycles. The molecule has 0 radical (unpaired) electrons. The van der Waals surface area contributed by atoms with Crippen molar-refractivity contribution < 1.29 is 5.11 Å². The van der Waals surface area contributed by atoms with E-state index in [1.54, 1.807) is 12.4 Å². The molecular weight excluding hydrogens is 288 g/mol. The quantitative estimate of drug-likeness (QED) is 0.761. The van der Waals surface area contributed by atoms with E-state index in [2.05, 4.69) is 27.5 Å². The van der Waals surface area contributed by atoms with Crippen LogP contribution in [0.25, 0.3) is 0 Å². The summed E-state index contributed by atoms with van der Waals surface area (Å²) in [6, 6.07) is 16.1. The Hall–Kier alpha value is -2.82. The van der Waals surface area contributed by atoms with E-state index in [9.17, 15) is 5.11 Å². The summed E-state index contributed by atoms with van der Waals surface area (Å²) in [6.07, 6.45) is 2.37. The fraction of sp³-hybridized carbons (Fsp3) is 0.222. The molecule has 1 aromatic heterocycles. The predicted octanol–water partition coefficient (Wildman–Crippen LogP) is 3.44. The molecule has 2 aromatic carbocycles. The van der Waals surface area contributed by atoms with E-state index in [4.69, 9.17) is 0 Å². The molecule has 0 spiro atoms. The number of hydrogen-bond donors (Lipinski definition) is 2. The van der Waals surface area contributed by atoms with Crippen LogP contribution in [0.1, 0.15) is 35.2 Å². The molecule has 2 atom stereocenters.